The standard InChI is InChI=1S/C22H27N3O3S/c26-22(23-20-14-24-7-5-16(20)6-8-24)17-1-3-19(4-2-17)29-21-13-18(15-28-21)25-9-11-27-12-10-25/h1-4,13,15-16,20H,5-12,14H2,(H,23,26)/t20-/m0/s1. The van der Waals surface area contributed by atoms with E-state index in [1.165, 1.54) is 25.9 Å². The number of rotatable bonds is 5. The molecule has 4 aliphatic rings. The Balaban J connectivity index is 1.18. The van der Waals surface area contributed by atoms with Gasteiger partial charge in [-0.25, -0.2) is 0 Å². The van der Waals surface area contributed by atoms with Crippen LogP contribution >= 0.6 is 11.8 Å². The molecule has 6 rings (SSSR count). The van der Waals surface area contributed by atoms with Crippen LogP contribution < -0.4 is 10.2 Å². The van der Waals surface area contributed by atoms with Crippen LogP contribution in [0.3, 0.4) is 0 Å². The number of carbonyl (C=O) groups is 1. The van der Waals surface area contributed by atoms with Crippen molar-refractivity contribution in [3.63, 3.8) is 0 Å². The van der Waals surface area contributed by atoms with E-state index in [9.17, 15) is 4.79 Å². The van der Waals surface area contributed by atoms with Gasteiger partial charge in [0, 0.05) is 42.2 Å². The zero-order valence-electron chi connectivity index (χ0n) is 16.5. The van der Waals surface area contributed by atoms with Crippen LogP contribution in [-0.4, -0.2) is 62.8 Å². The molecule has 1 atom stereocenters. The molecule has 1 N–H and O–H groups in total. The predicted octanol–water partition coefficient (Wildman–Crippen LogP) is 3.09. The number of carbonyl (C=O) groups excluding carboxylic acids is 1. The minimum atomic E-state index is 0.0351. The van der Waals surface area contributed by atoms with Crippen LogP contribution in [0.25, 0.3) is 0 Å². The van der Waals surface area contributed by atoms with Crippen LogP contribution in [0.15, 0.2) is 51.0 Å². The molecule has 2 aromatic rings. The van der Waals surface area contributed by atoms with E-state index in [2.05, 4.69) is 21.2 Å². The van der Waals surface area contributed by atoms with Crippen molar-refractivity contribution >= 4 is 23.4 Å². The molecule has 29 heavy (non-hydrogen) atoms. The monoisotopic (exact) mass is 413 g/mol. The highest BCUT2D eigenvalue weighted by molar-refractivity contribution is 7.99. The topological polar surface area (TPSA) is 58.0 Å². The summed E-state index contributed by atoms with van der Waals surface area (Å²) in [5.74, 6) is 0.672. The Morgan fingerprint density at radius 3 is 2.52 bits per heavy atom. The van der Waals surface area contributed by atoms with Gasteiger partial charge in [-0.1, -0.05) is 11.8 Å². The van der Waals surface area contributed by atoms with Crippen molar-refractivity contribution in [2.75, 3.05) is 50.8 Å². The second-order valence-corrected chi connectivity index (χ2v) is 9.15. The molecule has 0 spiro atoms. The number of amides is 1. The highest BCUT2D eigenvalue weighted by Crippen LogP contribution is 2.32. The van der Waals surface area contributed by atoms with E-state index in [0.717, 1.165) is 54.1 Å². The summed E-state index contributed by atoms with van der Waals surface area (Å²) < 4.78 is 11.1. The van der Waals surface area contributed by atoms with E-state index >= 15 is 0 Å². The Morgan fingerprint density at radius 1 is 1.07 bits per heavy atom. The van der Waals surface area contributed by atoms with E-state index in [-0.39, 0.29) is 5.91 Å². The lowest BCUT2D eigenvalue weighted by molar-refractivity contribution is 0.0620. The van der Waals surface area contributed by atoms with Crippen molar-refractivity contribution in [2.45, 2.75) is 28.9 Å². The summed E-state index contributed by atoms with van der Waals surface area (Å²) >= 11 is 1.58. The Morgan fingerprint density at radius 2 is 1.83 bits per heavy atom. The first-order chi connectivity index (χ1) is 14.2. The van der Waals surface area contributed by atoms with Crippen molar-refractivity contribution < 1.29 is 13.9 Å². The minimum absolute atomic E-state index is 0.0351. The number of morpholine rings is 1. The first kappa shape index (κ1) is 19.0. The maximum atomic E-state index is 12.7. The summed E-state index contributed by atoms with van der Waals surface area (Å²) in [5, 5.41) is 4.11. The number of nitrogens with zero attached hydrogens (tertiary/aromatic N) is 2. The number of nitrogens with one attached hydrogen (secondary N) is 1. The first-order valence-electron chi connectivity index (χ1n) is 10.5. The van der Waals surface area contributed by atoms with Gasteiger partial charge in [-0.05, 0) is 56.1 Å². The lowest BCUT2D eigenvalue weighted by Gasteiger charge is -2.44. The number of furan rings is 1. The quantitative estimate of drug-likeness (QED) is 0.813. The third kappa shape index (κ3) is 4.32. The molecule has 0 unspecified atom stereocenters. The molecule has 154 valence electrons. The van der Waals surface area contributed by atoms with Crippen LogP contribution in [0.1, 0.15) is 23.2 Å². The zero-order valence-corrected chi connectivity index (χ0v) is 17.3. The van der Waals surface area contributed by atoms with Gasteiger partial charge in [0.2, 0.25) is 0 Å². The molecule has 4 saturated heterocycles. The first-order valence-corrected chi connectivity index (χ1v) is 11.3. The summed E-state index contributed by atoms with van der Waals surface area (Å²) in [4.78, 5) is 18.5. The molecule has 1 amide bonds. The minimum Gasteiger partial charge on any atom is -0.456 e. The Hall–Kier alpha value is -1.96. The van der Waals surface area contributed by atoms with E-state index in [1.54, 1.807) is 11.8 Å². The maximum Gasteiger partial charge on any atom is 0.251 e. The van der Waals surface area contributed by atoms with Crippen LogP contribution in [0, 0.1) is 5.92 Å². The summed E-state index contributed by atoms with van der Waals surface area (Å²) in [6.45, 7) is 6.67. The molecule has 1 aromatic carbocycles. The third-order valence-electron chi connectivity index (χ3n) is 6.25. The van der Waals surface area contributed by atoms with Gasteiger partial charge >= 0.3 is 0 Å². The van der Waals surface area contributed by atoms with Crippen LogP contribution in [-0.2, 0) is 4.74 Å². The molecule has 0 radical (unpaired) electrons. The molecule has 7 heteroatoms. The van der Waals surface area contributed by atoms with Gasteiger partial charge in [0.05, 0.1) is 18.9 Å². The normalized spacial score (nSPS) is 26.5. The molecule has 5 heterocycles. The molecular formula is C22H27N3O3S. The number of benzene rings is 1. The van der Waals surface area contributed by atoms with Crippen LogP contribution in [0.5, 0.6) is 0 Å². The number of hydrogen-bond acceptors (Lipinski definition) is 6. The summed E-state index contributed by atoms with van der Waals surface area (Å²) in [7, 11) is 0. The lowest BCUT2D eigenvalue weighted by Crippen LogP contribution is -2.57. The lowest BCUT2D eigenvalue weighted by atomic mass is 9.84. The Bertz CT molecular complexity index is 839. The summed E-state index contributed by atoms with van der Waals surface area (Å²) in [6.07, 6.45) is 4.22. The second kappa shape index (κ2) is 8.42. The third-order valence-corrected chi connectivity index (χ3v) is 7.17. The van der Waals surface area contributed by atoms with E-state index in [4.69, 9.17) is 9.15 Å². The fraction of sp³-hybridized carbons (Fsp3) is 0.500. The van der Waals surface area contributed by atoms with Crippen molar-refractivity contribution in [3.8, 4) is 0 Å². The predicted molar refractivity (Wildman–Crippen MR) is 113 cm³/mol. The molecule has 1 aromatic heterocycles. The molecule has 0 saturated carbocycles. The SMILES string of the molecule is O=C(N[C@H]1CN2CCC1CC2)c1ccc(Sc2cc(N3CCOCC3)co2)cc1. The number of hydrogen-bond donors (Lipinski definition) is 1. The van der Waals surface area contributed by atoms with Crippen molar-refractivity contribution in [1.82, 2.24) is 10.2 Å². The Kier molecular flexibility index (Phi) is 5.52. The number of anilines is 1. The van der Waals surface area contributed by atoms with E-state index in [0.29, 0.717) is 12.0 Å². The number of ether oxygens (including phenoxy) is 1. The summed E-state index contributed by atoms with van der Waals surface area (Å²) in [6, 6.07) is 10.2. The fourth-order valence-corrected chi connectivity index (χ4v) is 5.30. The van der Waals surface area contributed by atoms with Gasteiger partial charge in [0.1, 0.15) is 6.26 Å². The average Bonchev–Trinajstić information content (AvgIpc) is 3.24. The molecule has 0 aliphatic carbocycles. The molecule has 4 fully saturated rings. The Labute approximate surface area is 175 Å². The number of piperidine rings is 3. The highest BCUT2D eigenvalue weighted by Gasteiger charge is 2.34. The van der Waals surface area contributed by atoms with Gasteiger partial charge in [0.25, 0.3) is 5.91 Å². The average molecular weight is 414 g/mol. The smallest absolute Gasteiger partial charge is 0.251 e. The molecule has 4 aliphatic heterocycles. The highest BCUT2D eigenvalue weighted by atomic mass is 32.2. The molecule has 2 bridgehead atoms. The van der Waals surface area contributed by atoms with Gasteiger partial charge < -0.3 is 24.3 Å². The maximum absolute atomic E-state index is 12.7. The van der Waals surface area contributed by atoms with Gasteiger partial charge in [-0.15, -0.1) is 0 Å². The molecular weight excluding hydrogens is 386 g/mol. The summed E-state index contributed by atoms with van der Waals surface area (Å²) in [5.41, 5.74) is 1.82. The van der Waals surface area contributed by atoms with E-state index in [1.807, 2.05) is 30.5 Å². The van der Waals surface area contributed by atoms with Gasteiger partial charge in [0.15, 0.2) is 5.09 Å². The second-order valence-electron chi connectivity index (χ2n) is 8.07. The van der Waals surface area contributed by atoms with Crippen LogP contribution in [0.4, 0.5) is 5.69 Å². The van der Waals surface area contributed by atoms with E-state index < -0.39 is 0 Å². The van der Waals surface area contributed by atoms with Crippen molar-refractivity contribution in [1.29, 1.82) is 0 Å². The number of fused-ring (bicyclic) bond motifs is 3. The largest absolute Gasteiger partial charge is 0.456 e. The van der Waals surface area contributed by atoms with Crippen molar-refractivity contribution in [2.24, 2.45) is 5.92 Å². The zero-order chi connectivity index (χ0) is 19.6. The van der Waals surface area contributed by atoms with Crippen molar-refractivity contribution in [3.05, 3.63) is 42.2 Å². The fourth-order valence-electron chi connectivity index (χ4n) is 4.52. The molecule has 6 nitrogen and oxygen atoms in total. The van der Waals surface area contributed by atoms with Crippen LogP contribution in [0.2, 0.25) is 0 Å². The van der Waals surface area contributed by atoms with Gasteiger partial charge in [-0.2, -0.15) is 0 Å². The van der Waals surface area contributed by atoms with Gasteiger partial charge in [-0.3, -0.25) is 4.79 Å².